The van der Waals surface area contributed by atoms with Crippen molar-refractivity contribution in [2.75, 3.05) is 6.61 Å². The molecule has 186 valence electrons. The van der Waals surface area contributed by atoms with Crippen molar-refractivity contribution in [2.45, 2.75) is 19.9 Å². The first-order valence-corrected chi connectivity index (χ1v) is 12.4. The second kappa shape index (κ2) is 10.2. The number of hydrogen-bond acceptors (Lipinski definition) is 8. The van der Waals surface area contributed by atoms with Gasteiger partial charge in [0.1, 0.15) is 5.75 Å². The molecule has 0 saturated heterocycles. The average molecular weight is 515 g/mol. The van der Waals surface area contributed by atoms with Crippen LogP contribution in [-0.4, -0.2) is 23.1 Å². The van der Waals surface area contributed by atoms with Gasteiger partial charge >= 0.3 is 11.9 Å². The van der Waals surface area contributed by atoms with Gasteiger partial charge in [-0.3, -0.25) is 9.36 Å². The summed E-state index contributed by atoms with van der Waals surface area (Å²) in [6.07, 6.45) is 3.10. The van der Waals surface area contributed by atoms with Crippen LogP contribution in [-0.2, 0) is 9.53 Å². The lowest BCUT2D eigenvalue weighted by Crippen LogP contribution is -2.39. The largest absolute Gasteiger partial charge is 0.463 e. The second-order valence-electron chi connectivity index (χ2n) is 8.15. The van der Waals surface area contributed by atoms with Gasteiger partial charge in [-0.15, -0.1) is 0 Å². The van der Waals surface area contributed by atoms with E-state index in [-0.39, 0.29) is 17.9 Å². The summed E-state index contributed by atoms with van der Waals surface area (Å²) in [5.41, 5.74) is 1.99. The van der Waals surface area contributed by atoms with Crippen LogP contribution in [0, 0.1) is 0 Å². The highest BCUT2D eigenvalue weighted by Gasteiger charge is 2.33. The Bertz CT molecular complexity index is 1680. The summed E-state index contributed by atoms with van der Waals surface area (Å²) in [4.78, 5) is 43.9. The van der Waals surface area contributed by atoms with E-state index in [1.54, 1.807) is 50.3 Å². The number of allylic oxidation sites excluding steroid dienone is 1. The minimum absolute atomic E-state index is 0.0902. The molecule has 1 atom stereocenters. The minimum atomic E-state index is -0.667. The zero-order valence-electron chi connectivity index (χ0n) is 20.0. The summed E-state index contributed by atoms with van der Waals surface area (Å²) in [6, 6.07) is 18.6. The Labute approximate surface area is 215 Å². The molecular formula is C28H22N2O6S. The Morgan fingerprint density at radius 3 is 2.62 bits per heavy atom. The number of ether oxygens (including phenoxy) is 2. The third-order valence-electron chi connectivity index (χ3n) is 5.72. The Hall–Kier alpha value is -4.50. The van der Waals surface area contributed by atoms with Crippen LogP contribution in [0.1, 0.15) is 41.6 Å². The molecule has 1 aliphatic heterocycles. The molecule has 2 aromatic carbocycles. The highest BCUT2D eigenvalue weighted by Crippen LogP contribution is 2.30. The third kappa shape index (κ3) is 4.81. The summed E-state index contributed by atoms with van der Waals surface area (Å²) < 4.78 is 17.7. The molecule has 0 radical (unpaired) electrons. The van der Waals surface area contributed by atoms with E-state index in [0.29, 0.717) is 31.9 Å². The Balaban J connectivity index is 1.57. The van der Waals surface area contributed by atoms with Gasteiger partial charge in [0.25, 0.3) is 5.56 Å². The lowest BCUT2D eigenvalue weighted by Gasteiger charge is -2.24. The highest BCUT2D eigenvalue weighted by atomic mass is 32.1. The predicted molar refractivity (Wildman–Crippen MR) is 137 cm³/mol. The van der Waals surface area contributed by atoms with Crippen molar-refractivity contribution < 1.29 is 23.5 Å². The van der Waals surface area contributed by atoms with E-state index in [2.05, 4.69) is 4.99 Å². The van der Waals surface area contributed by atoms with Crippen molar-refractivity contribution in [1.29, 1.82) is 0 Å². The number of furan rings is 1. The summed E-state index contributed by atoms with van der Waals surface area (Å²) in [6.45, 7) is 3.69. The van der Waals surface area contributed by atoms with Crippen LogP contribution in [0.5, 0.6) is 5.75 Å². The molecule has 0 aliphatic carbocycles. The fourth-order valence-electron chi connectivity index (χ4n) is 4.11. The molecule has 0 fully saturated rings. The third-order valence-corrected chi connectivity index (χ3v) is 6.70. The Kier molecular flexibility index (Phi) is 6.70. The number of rotatable bonds is 6. The van der Waals surface area contributed by atoms with E-state index in [9.17, 15) is 14.4 Å². The van der Waals surface area contributed by atoms with Crippen LogP contribution in [0.2, 0.25) is 0 Å². The molecule has 0 spiro atoms. The maximum Gasteiger partial charge on any atom is 0.379 e. The quantitative estimate of drug-likeness (QED) is 0.288. The zero-order chi connectivity index (χ0) is 25.9. The lowest BCUT2D eigenvalue weighted by molar-refractivity contribution is -0.139. The number of thiazole rings is 1. The van der Waals surface area contributed by atoms with Crippen LogP contribution in [0.25, 0.3) is 6.08 Å². The number of esters is 2. The van der Waals surface area contributed by atoms with Crippen molar-refractivity contribution in [1.82, 2.24) is 4.57 Å². The molecule has 0 bridgehead atoms. The fraction of sp³-hybridized carbons (Fsp3) is 0.143. The molecule has 8 nitrogen and oxygen atoms in total. The number of nitrogens with zero attached hydrogens (tertiary/aromatic N) is 2. The maximum absolute atomic E-state index is 13.7. The first-order chi connectivity index (χ1) is 18.0. The molecule has 2 aromatic heterocycles. The standard InChI is InChI=1S/C28H22N2O6S/c1-3-34-27(33)23-17(2)29-28-30(24(23)19-10-5-4-6-11-19)25(31)22(37-28)16-18-9-7-12-20(15-18)36-26(32)21-13-8-14-35-21/h4-16,24H,3H2,1-2H3. The van der Waals surface area contributed by atoms with Gasteiger partial charge in [0.15, 0.2) is 4.80 Å². The van der Waals surface area contributed by atoms with E-state index in [4.69, 9.17) is 13.9 Å². The summed E-state index contributed by atoms with van der Waals surface area (Å²) in [7, 11) is 0. The van der Waals surface area contributed by atoms with Crippen LogP contribution in [0.15, 0.2) is 98.5 Å². The Morgan fingerprint density at radius 2 is 1.89 bits per heavy atom. The Morgan fingerprint density at radius 1 is 1.08 bits per heavy atom. The van der Waals surface area contributed by atoms with E-state index in [0.717, 1.165) is 5.56 Å². The fourth-order valence-corrected chi connectivity index (χ4v) is 5.16. The minimum Gasteiger partial charge on any atom is -0.463 e. The van der Waals surface area contributed by atoms with Gasteiger partial charge in [-0.2, -0.15) is 0 Å². The van der Waals surface area contributed by atoms with Gasteiger partial charge < -0.3 is 13.9 Å². The van der Waals surface area contributed by atoms with E-state index < -0.39 is 18.0 Å². The molecular weight excluding hydrogens is 492 g/mol. The molecule has 0 saturated carbocycles. The van der Waals surface area contributed by atoms with E-state index in [1.807, 2.05) is 30.3 Å². The van der Waals surface area contributed by atoms with Gasteiger partial charge in [-0.05, 0) is 55.3 Å². The molecule has 0 amide bonds. The number of carbonyl (C=O) groups excluding carboxylic acids is 2. The maximum atomic E-state index is 13.7. The normalized spacial score (nSPS) is 15.2. The number of benzene rings is 2. The predicted octanol–water partition coefficient (Wildman–Crippen LogP) is 3.61. The first-order valence-electron chi connectivity index (χ1n) is 11.6. The smallest absolute Gasteiger partial charge is 0.379 e. The number of fused-ring (bicyclic) bond motifs is 1. The molecule has 3 heterocycles. The van der Waals surface area contributed by atoms with Gasteiger partial charge in [0, 0.05) is 0 Å². The van der Waals surface area contributed by atoms with Crippen molar-refractivity contribution in [2.24, 2.45) is 4.99 Å². The molecule has 0 N–H and O–H groups in total. The number of carbonyl (C=O) groups is 2. The molecule has 1 unspecified atom stereocenters. The molecule has 5 rings (SSSR count). The van der Waals surface area contributed by atoms with E-state index in [1.165, 1.54) is 28.2 Å². The molecule has 9 heteroatoms. The highest BCUT2D eigenvalue weighted by molar-refractivity contribution is 7.07. The summed E-state index contributed by atoms with van der Waals surface area (Å²) in [5, 5.41) is 0. The topological polar surface area (TPSA) is 100 Å². The van der Waals surface area contributed by atoms with Crippen molar-refractivity contribution in [3.63, 3.8) is 0 Å². The van der Waals surface area contributed by atoms with Crippen molar-refractivity contribution in [3.8, 4) is 5.75 Å². The zero-order valence-corrected chi connectivity index (χ0v) is 20.9. The van der Waals surface area contributed by atoms with Gasteiger partial charge in [-0.1, -0.05) is 53.8 Å². The number of hydrogen-bond donors (Lipinski definition) is 0. The van der Waals surface area contributed by atoms with E-state index >= 15 is 0 Å². The summed E-state index contributed by atoms with van der Waals surface area (Å²) >= 11 is 1.22. The molecule has 4 aromatic rings. The summed E-state index contributed by atoms with van der Waals surface area (Å²) in [5.74, 6) is -0.720. The van der Waals surface area contributed by atoms with Crippen LogP contribution < -0.4 is 19.6 Å². The van der Waals surface area contributed by atoms with Crippen molar-refractivity contribution >= 4 is 29.4 Å². The van der Waals surface area contributed by atoms with Gasteiger partial charge in [-0.25, -0.2) is 14.6 Å². The second-order valence-corrected chi connectivity index (χ2v) is 9.16. The van der Waals surface area contributed by atoms with Crippen molar-refractivity contribution in [3.05, 3.63) is 121 Å². The monoisotopic (exact) mass is 514 g/mol. The lowest BCUT2D eigenvalue weighted by atomic mass is 9.96. The van der Waals surface area contributed by atoms with Crippen LogP contribution in [0.3, 0.4) is 0 Å². The van der Waals surface area contributed by atoms with Gasteiger partial charge in [0.2, 0.25) is 5.76 Å². The van der Waals surface area contributed by atoms with Gasteiger partial charge in [0.05, 0.1) is 34.7 Å². The number of aromatic nitrogens is 1. The first kappa shape index (κ1) is 24.2. The molecule has 1 aliphatic rings. The molecule has 37 heavy (non-hydrogen) atoms. The SMILES string of the molecule is CCOC(=O)C1=C(C)N=c2sc(=Cc3cccc(OC(=O)c4ccco4)c3)c(=O)n2C1c1ccccc1. The van der Waals surface area contributed by atoms with Crippen LogP contribution >= 0.6 is 11.3 Å². The average Bonchev–Trinajstić information content (AvgIpc) is 3.53. The van der Waals surface area contributed by atoms with Crippen LogP contribution in [0.4, 0.5) is 0 Å².